The second-order valence-corrected chi connectivity index (χ2v) is 9.90. The van der Waals surface area contributed by atoms with Crippen molar-refractivity contribution in [2.45, 2.75) is 45.4 Å². The minimum Gasteiger partial charge on any atom is -0.370 e. The van der Waals surface area contributed by atoms with E-state index in [1.807, 2.05) is 0 Å². The SMILES string of the molecule is CC(=O)c1nn(CC(=O)C[C@@H](Cc2cc(F)cc(F)c2)c2ncccc2-c2ccc(F)c(C(N)=O)c2)c2c1COC2. The van der Waals surface area contributed by atoms with Gasteiger partial charge in [0.25, 0.3) is 5.91 Å². The topological polar surface area (TPSA) is 117 Å². The Labute approximate surface area is 233 Å². The van der Waals surface area contributed by atoms with Crippen molar-refractivity contribution in [3.63, 3.8) is 0 Å². The Morgan fingerprint density at radius 2 is 1.80 bits per heavy atom. The van der Waals surface area contributed by atoms with Gasteiger partial charge in [0.2, 0.25) is 0 Å². The molecule has 1 atom stereocenters. The second kappa shape index (κ2) is 11.5. The van der Waals surface area contributed by atoms with Crippen molar-refractivity contribution in [2.75, 3.05) is 0 Å². The number of rotatable bonds is 10. The summed E-state index contributed by atoms with van der Waals surface area (Å²) in [6.07, 6.45) is 1.46. The monoisotopic (exact) mass is 562 g/mol. The average molecular weight is 563 g/mol. The van der Waals surface area contributed by atoms with Crippen molar-refractivity contribution in [1.82, 2.24) is 14.8 Å². The van der Waals surface area contributed by atoms with Gasteiger partial charge in [0.05, 0.1) is 36.7 Å². The number of benzene rings is 2. The molecule has 3 heterocycles. The maximum absolute atomic E-state index is 14.2. The molecule has 0 fully saturated rings. The van der Waals surface area contributed by atoms with Gasteiger partial charge in [-0.3, -0.25) is 24.0 Å². The molecule has 41 heavy (non-hydrogen) atoms. The summed E-state index contributed by atoms with van der Waals surface area (Å²) in [5.41, 5.74) is 8.23. The van der Waals surface area contributed by atoms with Crippen LogP contribution in [0.5, 0.6) is 0 Å². The fourth-order valence-corrected chi connectivity index (χ4v) is 5.16. The fourth-order valence-electron chi connectivity index (χ4n) is 5.16. The zero-order chi connectivity index (χ0) is 29.3. The highest BCUT2D eigenvalue weighted by atomic mass is 19.1. The molecule has 1 aliphatic rings. The molecule has 210 valence electrons. The summed E-state index contributed by atoms with van der Waals surface area (Å²) in [7, 11) is 0. The zero-order valence-corrected chi connectivity index (χ0v) is 22.0. The van der Waals surface area contributed by atoms with Gasteiger partial charge in [0, 0.05) is 42.7 Å². The lowest BCUT2D eigenvalue weighted by atomic mass is 9.86. The number of hydrogen-bond acceptors (Lipinski definition) is 6. The Morgan fingerprint density at radius 1 is 1.05 bits per heavy atom. The van der Waals surface area contributed by atoms with Crippen LogP contribution in [0.2, 0.25) is 0 Å². The minimum absolute atomic E-state index is 0.0489. The van der Waals surface area contributed by atoms with Gasteiger partial charge in [-0.1, -0.05) is 12.1 Å². The number of Topliss-reactive ketones (excluding diaryl/α,β-unsaturated/α-hetero) is 2. The molecule has 2 aromatic carbocycles. The zero-order valence-electron chi connectivity index (χ0n) is 22.0. The highest BCUT2D eigenvalue weighted by Crippen LogP contribution is 2.34. The third kappa shape index (κ3) is 5.94. The summed E-state index contributed by atoms with van der Waals surface area (Å²) in [6, 6.07) is 10.3. The highest BCUT2D eigenvalue weighted by molar-refractivity contribution is 5.95. The van der Waals surface area contributed by atoms with Gasteiger partial charge in [-0.05, 0) is 47.9 Å². The van der Waals surface area contributed by atoms with E-state index in [-0.39, 0.29) is 55.4 Å². The van der Waals surface area contributed by atoms with E-state index in [0.29, 0.717) is 33.6 Å². The second-order valence-electron chi connectivity index (χ2n) is 9.90. The maximum atomic E-state index is 14.2. The Kier molecular flexibility index (Phi) is 7.80. The van der Waals surface area contributed by atoms with E-state index in [4.69, 9.17) is 10.5 Å². The van der Waals surface area contributed by atoms with Crippen molar-refractivity contribution < 1.29 is 32.3 Å². The first-order valence-electron chi connectivity index (χ1n) is 12.8. The number of primary amides is 1. The third-order valence-electron chi connectivity index (χ3n) is 6.96. The number of carbonyl (C=O) groups excluding carboxylic acids is 3. The van der Waals surface area contributed by atoms with Crippen LogP contribution in [0.4, 0.5) is 13.2 Å². The molecule has 0 unspecified atom stereocenters. The van der Waals surface area contributed by atoms with Gasteiger partial charge in [-0.2, -0.15) is 5.10 Å². The summed E-state index contributed by atoms with van der Waals surface area (Å²) < 4.78 is 49.3. The van der Waals surface area contributed by atoms with E-state index in [9.17, 15) is 27.6 Å². The smallest absolute Gasteiger partial charge is 0.251 e. The first-order chi connectivity index (χ1) is 19.6. The molecule has 8 nitrogen and oxygen atoms in total. The van der Waals surface area contributed by atoms with Crippen molar-refractivity contribution >= 4 is 17.5 Å². The molecule has 11 heteroatoms. The first kappa shape index (κ1) is 27.9. The summed E-state index contributed by atoms with van der Waals surface area (Å²) in [5, 5.41) is 4.33. The molecular weight excluding hydrogens is 537 g/mol. The molecular formula is C30H25F3N4O4. The van der Waals surface area contributed by atoms with Crippen molar-refractivity contribution in [2.24, 2.45) is 5.73 Å². The molecule has 1 aliphatic heterocycles. The molecule has 0 saturated carbocycles. The third-order valence-corrected chi connectivity index (χ3v) is 6.96. The summed E-state index contributed by atoms with van der Waals surface area (Å²) in [4.78, 5) is 41.8. The molecule has 0 aliphatic carbocycles. The number of nitrogens with two attached hydrogens (primary N) is 1. The fraction of sp³-hybridized carbons (Fsp3) is 0.233. The quantitative estimate of drug-likeness (QED) is 0.281. The number of ketones is 2. The molecule has 0 spiro atoms. The normalized spacial score (nSPS) is 13.2. The van der Waals surface area contributed by atoms with E-state index >= 15 is 0 Å². The Balaban J connectivity index is 1.52. The highest BCUT2D eigenvalue weighted by Gasteiger charge is 2.28. The number of pyridine rings is 1. The number of ether oxygens (including phenoxy) is 1. The molecule has 0 saturated heterocycles. The van der Waals surface area contributed by atoms with Crippen LogP contribution in [0.3, 0.4) is 0 Å². The number of carbonyl (C=O) groups is 3. The number of amides is 1. The van der Waals surface area contributed by atoms with Crippen LogP contribution in [-0.2, 0) is 35.7 Å². The number of aromatic nitrogens is 3. The minimum atomic E-state index is -0.947. The van der Waals surface area contributed by atoms with Gasteiger partial charge in [0.1, 0.15) is 23.1 Å². The van der Waals surface area contributed by atoms with Crippen LogP contribution >= 0.6 is 0 Å². The Hall–Kier alpha value is -4.64. The van der Waals surface area contributed by atoms with Gasteiger partial charge < -0.3 is 10.5 Å². The number of fused-ring (bicyclic) bond motifs is 1. The van der Waals surface area contributed by atoms with E-state index in [1.165, 1.54) is 42.1 Å². The predicted molar refractivity (Wildman–Crippen MR) is 141 cm³/mol. The van der Waals surface area contributed by atoms with Crippen LogP contribution in [0.1, 0.15) is 62.6 Å². The van der Waals surface area contributed by atoms with Gasteiger partial charge in [0.15, 0.2) is 11.6 Å². The molecule has 0 radical (unpaired) electrons. The van der Waals surface area contributed by atoms with Gasteiger partial charge in [-0.15, -0.1) is 0 Å². The molecule has 1 amide bonds. The lowest BCUT2D eigenvalue weighted by Crippen LogP contribution is -2.19. The van der Waals surface area contributed by atoms with Crippen molar-refractivity contribution in [3.8, 4) is 11.1 Å². The lowest BCUT2D eigenvalue weighted by Gasteiger charge is -2.20. The Morgan fingerprint density at radius 3 is 2.51 bits per heavy atom. The maximum Gasteiger partial charge on any atom is 0.251 e. The summed E-state index contributed by atoms with van der Waals surface area (Å²) in [6.45, 7) is 1.68. The van der Waals surface area contributed by atoms with E-state index < -0.39 is 29.3 Å². The van der Waals surface area contributed by atoms with Crippen LogP contribution in [0.15, 0.2) is 54.7 Å². The predicted octanol–water partition coefficient (Wildman–Crippen LogP) is 4.68. The largest absolute Gasteiger partial charge is 0.370 e. The van der Waals surface area contributed by atoms with Crippen molar-refractivity contribution in [3.05, 3.63) is 106 Å². The first-order valence-corrected chi connectivity index (χ1v) is 12.8. The van der Waals surface area contributed by atoms with Crippen LogP contribution in [0, 0.1) is 17.5 Å². The van der Waals surface area contributed by atoms with E-state index in [0.717, 1.165) is 12.1 Å². The van der Waals surface area contributed by atoms with Gasteiger partial charge in [-0.25, -0.2) is 13.2 Å². The van der Waals surface area contributed by atoms with E-state index in [2.05, 4.69) is 10.1 Å². The number of nitrogens with zero attached hydrogens (tertiary/aromatic N) is 3. The van der Waals surface area contributed by atoms with E-state index in [1.54, 1.807) is 12.1 Å². The molecule has 4 aromatic rings. The number of halogens is 3. The number of hydrogen-bond donors (Lipinski definition) is 1. The van der Waals surface area contributed by atoms with Crippen LogP contribution < -0.4 is 5.73 Å². The van der Waals surface area contributed by atoms with Crippen LogP contribution in [0.25, 0.3) is 11.1 Å². The van der Waals surface area contributed by atoms with Crippen LogP contribution in [-0.4, -0.2) is 32.2 Å². The molecule has 2 N–H and O–H groups in total. The Bertz CT molecular complexity index is 1660. The average Bonchev–Trinajstić information content (AvgIpc) is 3.52. The molecule has 0 bridgehead atoms. The molecule has 5 rings (SSSR count). The van der Waals surface area contributed by atoms with Crippen molar-refractivity contribution in [1.29, 1.82) is 0 Å². The molecule has 2 aromatic heterocycles. The lowest BCUT2D eigenvalue weighted by molar-refractivity contribution is -0.120. The summed E-state index contributed by atoms with van der Waals surface area (Å²) >= 11 is 0. The summed E-state index contributed by atoms with van der Waals surface area (Å²) in [5.74, 6) is -4.44. The standard InChI is InChI=1S/C30H25F3N4O4/c1-16(38)28-25-14-41-15-27(25)37(36-28)13-22(39)10-19(7-17-8-20(31)12-21(32)9-17)29-23(3-2-6-35-29)18-4-5-26(33)24(11-18)30(34)40/h2-6,8-9,11-12,19H,7,10,13-15H2,1H3,(H2,34,40)/t19-/m1/s1. The van der Waals surface area contributed by atoms with Gasteiger partial charge >= 0.3 is 0 Å².